The van der Waals surface area contributed by atoms with E-state index >= 15 is 0 Å². The van der Waals surface area contributed by atoms with E-state index < -0.39 is 0 Å². The van der Waals surface area contributed by atoms with Gasteiger partial charge in [0.25, 0.3) is 5.22 Å². The molecule has 5 heteroatoms. The second-order valence-electron chi connectivity index (χ2n) is 3.61. The molecule has 0 radical (unpaired) electrons. The van der Waals surface area contributed by atoms with Crippen LogP contribution in [0.1, 0.15) is 12.0 Å². The zero-order valence-corrected chi connectivity index (χ0v) is 10.4. The SMILES string of the molecule is Cc1ccccc1-c1nnc(SCCCO)o1. The molecule has 2 aromatic rings. The van der Waals surface area contributed by atoms with Crippen LogP contribution in [0.2, 0.25) is 0 Å². The van der Waals surface area contributed by atoms with Crippen molar-refractivity contribution in [3.05, 3.63) is 29.8 Å². The van der Waals surface area contributed by atoms with E-state index in [4.69, 9.17) is 9.52 Å². The molecule has 1 aromatic heterocycles. The van der Waals surface area contributed by atoms with Crippen molar-refractivity contribution in [2.24, 2.45) is 0 Å². The summed E-state index contributed by atoms with van der Waals surface area (Å²) in [4.78, 5) is 0. The zero-order chi connectivity index (χ0) is 12.1. The van der Waals surface area contributed by atoms with Crippen molar-refractivity contribution < 1.29 is 9.52 Å². The number of hydrogen-bond donors (Lipinski definition) is 1. The molecule has 2 rings (SSSR count). The van der Waals surface area contributed by atoms with Gasteiger partial charge in [0.2, 0.25) is 5.89 Å². The monoisotopic (exact) mass is 250 g/mol. The van der Waals surface area contributed by atoms with Gasteiger partial charge in [-0.25, -0.2) is 0 Å². The lowest BCUT2D eigenvalue weighted by Crippen LogP contribution is -1.85. The van der Waals surface area contributed by atoms with Gasteiger partial charge in [-0.1, -0.05) is 30.0 Å². The van der Waals surface area contributed by atoms with Crippen molar-refractivity contribution in [2.45, 2.75) is 18.6 Å². The molecule has 0 atom stereocenters. The average molecular weight is 250 g/mol. The fourth-order valence-electron chi connectivity index (χ4n) is 1.41. The summed E-state index contributed by atoms with van der Waals surface area (Å²) >= 11 is 1.47. The molecule has 0 amide bonds. The Labute approximate surface area is 104 Å². The minimum atomic E-state index is 0.186. The first-order chi connectivity index (χ1) is 8.31. The third-order valence-corrected chi connectivity index (χ3v) is 3.21. The largest absolute Gasteiger partial charge is 0.411 e. The number of thioether (sulfide) groups is 1. The number of benzene rings is 1. The Kier molecular flexibility index (Phi) is 4.17. The van der Waals surface area contributed by atoms with Crippen LogP contribution in [0.25, 0.3) is 11.5 Å². The topological polar surface area (TPSA) is 59.2 Å². The predicted molar refractivity (Wildman–Crippen MR) is 66.9 cm³/mol. The molecule has 0 saturated carbocycles. The van der Waals surface area contributed by atoms with Crippen LogP contribution in [0.15, 0.2) is 33.9 Å². The predicted octanol–water partition coefficient (Wildman–Crippen LogP) is 2.52. The van der Waals surface area contributed by atoms with Crippen LogP contribution < -0.4 is 0 Å². The number of aliphatic hydroxyl groups is 1. The lowest BCUT2D eigenvalue weighted by Gasteiger charge is -1.98. The van der Waals surface area contributed by atoms with E-state index in [2.05, 4.69) is 10.2 Å². The van der Waals surface area contributed by atoms with Gasteiger partial charge in [0.05, 0.1) is 0 Å². The Morgan fingerprint density at radius 1 is 1.29 bits per heavy atom. The van der Waals surface area contributed by atoms with E-state index in [1.165, 1.54) is 11.8 Å². The molecule has 1 N–H and O–H groups in total. The highest BCUT2D eigenvalue weighted by Gasteiger charge is 2.10. The number of aromatic nitrogens is 2. The Morgan fingerprint density at radius 2 is 2.12 bits per heavy atom. The molecule has 0 saturated heterocycles. The summed E-state index contributed by atoms with van der Waals surface area (Å²) in [6.45, 7) is 2.20. The van der Waals surface area contributed by atoms with Gasteiger partial charge < -0.3 is 9.52 Å². The lowest BCUT2D eigenvalue weighted by molar-refractivity contribution is 0.296. The Morgan fingerprint density at radius 3 is 2.88 bits per heavy atom. The number of rotatable bonds is 5. The molecule has 90 valence electrons. The van der Waals surface area contributed by atoms with Crippen LogP contribution >= 0.6 is 11.8 Å². The molecule has 0 fully saturated rings. The second-order valence-corrected chi connectivity index (χ2v) is 4.66. The van der Waals surface area contributed by atoms with Crippen molar-refractivity contribution in [3.8, 4) is 11.5 Å². The highest BCUT2D eigenvalue weighted by Crippen LogP contribution is 2.25. The Hall–Kier alpha value is -1.33. The third kappa shape index (κ3) is 3.08. The molecule has 0 aliphatic rings. The standard InChI is InChI=1S/C12H14N2O2S/c1-9-5-2-3-6-10(9)11-13-14-12(16-11)17-8-4-7-15/h2-3,5-6,15H,4,7-8H2,1H3. The lowest BCUT2D eigenvalue weighted by atomic mass is 10.1. The molecule has 1 heterocycles. The van der Waals surface area contributed by atoms with Gasteiger partial charge in [0.1, 0.15) is 0 Å². The normalized spacial score (nSPS) is 10.7. The van der Waals surface area contributed by atoms with Gasteiger partial charge in [-0.15, -0.1) is 10.2 Å². The first kappa shape index (κ1) is 12.1. The van der Waals surface area contributed by atoms with Crippen molar-refractivity contribution in [1.29, 1.82) is 0 Å². The van der Waals surface area contributed by atoms with Crippen LogP contribution in [0.4, 0.5) is 0 Å². The highest BCUT2D eigenvalue weighted by atomic mass is 32.2. The van der Waals surface area contributed by atoms with Gasteiger partial charge in [0.15, 0.2) is 0 Å². The van der Waals surface area contributed by atoms with Gasteiger partial charge in [0, 0.05) is 17.9 Å². The summed E-state index contributed by atoms with van der Waals surface area (Å²) in [7, 11) is 0. The fraction of sp³-hybridized carbons (Fsp3) is 0.333. The van der Waals surface area contributed by atoms with Crippen molar-refractivity contribution in [2.75, 3.05) is 12.4 Å². The van der Waals surface area contributed by atoms with Crippen molar-refractivity contribution in [1.82, 2.24) is 10.2 Å². The van der Waals surface area contributed by atoms with E-state index in [0.29, 0.717) is 11.1 Å². The molecule has 0 unspecified atom stereocenters. The van der Waals surface area contributed by atoms with Gasteiger partial charge in [-0.3, -0.25) is 0 Å². The minimum Gasteiger partial charge on any atom is -0.411 e. The quantitative estimate of drug-likeness (QED) is 0.652. The molecule has 4 nitrogen and oxygen atoms in total. The summed E-state index contributed by atoms with van der Waals surface area (Å²) in [6, 6.07) is 7.90. The van der Waals surface area contributed by atoms with Crippen LogP contribution in [-0.4, -0.2) is 27.7 Å². The van der Waals surface area contributed by atoms with E-state index in [1.807, 2.05) is 31.2 Å². The molecule has 17 heavy (non-hydrogen) atoms. The summed E-state index contributed by atoms with van der Waals surface area (Å²) < 4.78 is 5.56. The fourth-order valence-corrected chi connectivity index (χ4v) is 2.10. The maximum atomic E-state index is 8.68. The molecule has 0 aliphatic heterocycles. The van der Waals surface area contributed by atoms with E-state index in [-0.39, 0.29) is 6.61 Å². The van der Waals surface area contributed by atoms with Crippen LogP contribution in [0, 0.1) is 6.92 Å². The minimum absolute atomic E-state index is 0.186. The molecular weight excluding hydrogens is 236 g/mol. The summed E-state index contributed by atoms with van der Waals surface area (Å²) in [5, 5.41) is 17.2. The first-order valence-corrected chi connectivity index (χ1v) is 6.43. The Balaban J connectivity index is 2.10. The number of nitrogens with zero attached hydrogens (tertiary/aromatic N) is 2. The zero-order valence-electron chi connectivity index (χ0n) is 9.59. The maximum Gasteiger partial charge on any atom is 0.276 e. The molecule has 0 spiro atoms. The molecule has 1 aromatic carbocycles. The van der Waals surface area contributed by atoms with E-state index in [9.17, 15) is 0 Å². The van der Waals surface area contributed by atoms with E-state index in [0.717, 1.165) is 23.3 Å². The number of aliphatic hydroxyl groups excluding tert-OH is 1. The Bertz CT molecular complexity index is 485. The molecule has 0 aliphatic carbocycles. The van der Waals surface area contributed by atoms with Crippen molar-refractivity contribution in [3.63, 3.8) is 0 Å². The van der Waals surface area contributed by atoms with Gasteiger partial charge >= 0.3 is 0 Å². The molecular formula is C12H14N2O2S. The van der Waals surface area contributed by atoms with Crippen LogP contribution in [-0.2, 0) is 0 Å². The van der Waals surface area contributed by atoms with Gasteiger partial charge in [-0.05, 0) is 25.0 Å². The maximum absolute atomic E-state index is 8.68. The summed E-state index contributed by atoms with van der Waals surface area (Å²) in [5.74, 6) is 1.33. The second kappa shape index (κ2) is 5.84. The third-order valence-electron chi connectivity index (χ3n) is 2.31. The number of hydrogen-bond acceptors (Lipinski definition) is 5. The van der Waals surface area contributed by atoms with Crippen LogP contribution in [0.5, 0.6) is 0 Å². The number of aryl methyl sites for hydroxylation is 1. The average Bonchev–Trinajstić information content (AvgIpc) is 2.79. The first-order valence-electron chi connectivity index (χ1n) is 5.44. The summed E-state index contributed by atoms with van der Waals surface area (Å²) in [5.41, 5.74) is 2.08. The van der Waals surface area contributed by atoms with Crippen LogP contribution in [0.3, 0.4) is 0 Å². The summed E-state index contributed by atoms with van der Waals surface area (Å²) in [6.07, 6.45) is 0.729. The van der Waals surface area contributed by atoms with E-state index in [1.54, 1.807) is 0 Å². The smallest absolute Gasteiger partial charge is 0.276 e. The molecule has 0 bridgehead atoms. The van der Waals surface area contributed by atoms with Gasteiger partial charge in [-0.2, -0.15) is 0 Å². The van der Waals surface area contributed by atoms with Crippen molar-refractivity contribution >= 4 is 11.8 Å². The highest BCUT2D eigenvalue weighted by molar-refractivity contribution is 7.99.